The van der Waals surface area contributed by atoms with Crippen molar-refractivity contribution in [2.24, 2.45) is 17.8 Å². The molecule has 0 unspecified atom stereocenters. The van der Waals surface area contributed by atoms with Gasteiger partial charge in [0.05, 0.1) is 78.5 Å². The molecule has 9 N–H and O–H groups in total. The number of oxazole rings is 1. The van der Waals surface area contributed by atoms with Gasteiger partial charge in [0.15, 0.2) is 0 Å². The summed E-state index contributed by atoms with van der Waals surface area (Å²) >= 11 is 0.980. The van der Waals surface area contributed by atoms with Crippen LogP contribution in [0.1, 0.15) is 300 Å². The van der Waals surface area contributed by atoms with Gasteiger partial charge in [-0.05, 0) is 295 Å². The molecule has 0 spiro atoms. The number of nitrogens with one attached hydrogen (secondary N) is 9. The Hall–Kier alpha value is -9.65. The zero-order valence-corrected chi connectivity index (χ0v) is 89.1. The van der Waals surface area contributed by atoms with Crippen LogP contribution < -0.4 is 21.3 Å². The predicted octanol–water partition coefficient (Wildman–Crippen LogP) is 9.76. The Morgan fingerprint density at radius 1 is 0.376 bits per heavy atom. The number of aromatic amines is 7. The lowest BCUT2D eigenvalue weighted by Crippen LogP contribution is -2.47. The van der Waals surface area contributed by atoms with Crippen LogP contribution in [-0.4, -0.2) is 382 Å². The number of hydrogen-bond donors (Lipinski definition) is 9. The number of nitrogens with zero attached hydrogens (tertiary/aromatic N) is 21. The van der Waals surface area contributed by atoms with Gasteiger partial charge in [-0.2, -0.15) is 77.1 Å². The third kappa shape index (κ3) is 43.4. The van der Waals surface area contributed by atoms with Crippen LogP contribution in [0.4, 0.5) is 0 Å². The Morgan fingerprint density at radius 3 is 1.06 bits per heavy atom. The fourth-order valence-electron chi connectivity index (χ4n) is 19.2. The first-order valence-electron chi connectivity index (χ1n) is 52.5. The van der Waals surface area contributed by atoms with Gasteiger partial charge < -0.3 is 73.9 Å². The molecule has 0 radical (unpaired) electrons. The molecule has 7 saturated heterocycles. The monoisotopic (exact) mass is 1990 g/mol. The minimum absolute atomic E-state index is 0.0574. The first-order valence-corrected chi connectivity index (χ1v) is 53.3. The summed E-state index contributed by atoms with van der Waals surface area (Å²) in [6, 6.07) is 5.76. The second-order valence-corrected chi connectivity index (χ2v) is 42.3. The third-order valence-electron chi connectivity index (χ3n) is 29.0. The number of piperidine rings is 7. The van der Waals surface area contributed by atoms with Crippen LogP contribution >= 0.6 is 11.3 Å². The van der Waals surface area contributed by atoms with E-state index >= 15 is 0 Å². The SMILES string of the molecule is CC(C)N1CCC(CCCC(=O)Cc2cn[nH]n2)CC1.CC(C)N1CCC(CCN(C)C(=O)c2c[nH]c(=O)o2)CC1.CC(C)N1CCC(CCN(C)C(=O)c2c[nH]c(=O)s2)CC1.CC(C)N1CCC(N(C)C(=O)CCCc2cn[nH]n2)CC1.CC(C)N1CCC(N(C)C(=O)Cc2cn[nH]n2)CC1.CC(C)N1CCC(NC(=O)CCCc2cn[nH]n2)CC1.CC(C)N1CCC(NC(=O)CCc2cn[nH]n2)CC1. The summed E-state index contributed by atoms with van der Waals surface area (Å²) < 4.78 is 4.79. The van der Waals surface area contributed by atoms with Gasteiger partial charge in [0.1, 0.15) is 10.7 Å². The van der Waals surface area contributed by atoms with Crippen LogP contribution in [0, 0.1) is 17.8 Å². The summed E-state index contributed by atoms with van der Waals surface area (Å²) in [4.78, 5) is 136. The van der Waals surface area contributed by atoms with Gasteiger partial charge in [0.2, 0.25) is 29.4 Å². The van der Waals surface area contributed by atoms with Crippen molar-refractivity contribution < 1.29 is 38.0 Å². The first kappa shape index (κ1) is 117. The minimum atomic E-state index is -0.590. The molecule has 7 fully saturated rings. The standard InChI is InChI=1S/C15H27N5O.C15H26N4O.C15H25N3O3.C15H25N3O2S.C14H25N5O.2C13H23N5O/c1-12(2)20-9-7-14(8-10-20)19(3)15(21)6-4-5-13-11-16-18-17-13;1-12(2)19-8-6-13(7-9-19)4-3-5-15(20)10-14-11-16-18-17-14;2*1-11(2)18-8-5-12(6-9-18)4-7-17(3)14(19)13-10-16-15(20)21-13;1-11(2)19-8-6-12(7-9-19)16-14(20)5-3-4-13-10-15-18-17-13;1-10(2)18-6-4-12(5-7-18)17(3)13(19)8-11-9-14-16-15-11;1-10(2)18-7-5-11(6-8-18)15-13(19)4-3-12-9-14-17-16-12/h11-12,14H,4-10H2,1-3H3,(H,16,17,18);11-13H,3-10H2,1-2H3,(H,16,17,18);2*10-12H,4-9H2,1-3H3,(H,16,20);10-12H,3-9H2,1-2H3,(H,16,20)(H,15,17,18);9-10,12H,4-8H2,1-3H3,(H,14,15,16);9-11H,3-8H2,1-2H3,(H,15,19)(H,14,16,17). The maximum absolute atomic E-state index is 12.3. The lowest BCUT2D eigenvalue weighted by Gasteiger charge is -2.38. The van der Waals surface area contributed by atoms with Crippen LogP contribution in [0.25, 0.3) is 0 Å². The number of thiazole rings is 1. The topological polar surface area (TPSA) is 466 Å². The Bertz CT molecular complexity index is 4560. The zero-order chi connectivity index (χ0) is 102. The summed E-state index contributed by atoms with van der Waals surface area (Å²) in [6.45, 7) is 48.5. The Morgan fingerprint density at radius 2 is 0.709 bits per heavy atom. The van der Waals surface area contributed by atoms with Crippen molar-refractivity contribution in [2.75, 3.05) is 133 Å². The molecule has 41 heteroatoms. The smallest absolute Gasteiger partial charge is 0.403 e. The van der Waals surface area contributed by atoms with E-state index in [9.17, 15) is 43.2 Å². The van der Waals surface area contributed by atoms with Crippen molar-refractivity contribution in [2.45, 2.75) is 350 Å². The molecule has 7 aliphatic rings. The third-order valence-corrected chi connectivity index (χ3v) is 29.8. The van der Waals surface area contributed by atoms with E-state index in [1.54, 1.807) is 47.8 Å². The van der Waals surface area contributed by atoms with Gasteiger partial charge in [-0.3, -0.25) is 43.3 Å². The quantitative estimate of drug-likeness (QED) is 0.0174. The van der Waals surface area contributed by atoms with Gasteiger partial charge >= 0.3 is 10.6 Å². The summed E-state index contributed by atoms with van der Waals surface area (Å²) in [5, 5.41) is 57.5. The van der Waals surface area contributed by atoms with Gasteiger partial charge in [-0.1, -0.05) is 11.3 Å². The van der Waals surface area contributed by atoms with Gasteiger partial charge in [-0.25, -0.2) is 4.79 Å². The summed E-state index contributed by atoms with van der Waals surface area (Å²) in [7, 11) is 7.42. The van der Waals surface area contributed by atoms with Crippen LogP contribution in [-0.2, 0) is 56.1 Å². The van der Waals surface area contributed by atoms with E-state index in [4.69, 9.17) is 4.42 Å². The number of likely N-dealkylation sites (tertiary alicyclic amines) is 7. The van der Waals surface area contributed by atoms with E-state index < -0.39 is 5.76 Å². The second-order valence-electron chi connectivity index (χ2n) is 41.3. The number of rotatable bonds is 38. The van der Waals surface area contributed by atoms with Crippen LogP contribution in [0.2, 0.25) is 0 Å². The number of hydrogen-bond acceptors (Lipinski definition) is 28. The number of aromatic nitrogens is 17. The number of likely N-dealkylation sites (N-methyl/N-ethyl adjacent to an activating group) is 1. The van der Waals surface area contributed by atoms with Crippen molar-refractivity contribution in [3.05, 3.63) is 103 Å². The molecule has 0 bridgehead atoms. The minimum Gasteiger partial charge on any atom is -0.403 e. The van der Waals surface area contributed by atoms with E-state index in [0.717, 1.165) is 208 Å². The number of Topliss-reactive ketones (excluding diaryl/α,β-unsaturated/α-hetero) is 1. The number of amides is 6. The Kier molecular flexibility index (Phi) is 51.9. The number of H-pyrrole nitrogens is 7. The molecular weight excluding hydrogens is 1810 g/mol. The highest BCUT2D eigenvalue weighted by atomic mass is 32.1. The van der Waals surface area contributed by atoms with Crippen molar-refractivity contribution in [3.63, 3.8) is 0 Å². The van der Waals surface area contributed by atoms with E-state index in [0.29, 0.717) is 140 Å². The molecule has 141 heavy (non-hydrogen) atoms. The lowest BCUT2D eigenvalue weighted by atomic mass is 9.90. The Labute approximate surface area is 840 Å². The van der Waals surface area contributed by atoms with Crippen LogP contribution in [0.3, 0.4) is 0 Å². The van der Waals surface area contributed by atoms with Crippen molar-refractivity contribution in [3.8, 4) is 0 Å². The summed E-state index contributed by atoms with van der Waals surface area (Å²) in [5.74, 6) is 2.31. The average molecular weight is 1990 g/mol. The van der Waals surface area contributed by atoms with Crippen LogP contribution in [0.15, 0.2) is 57.4 Å². The average Bonchev–Trinajstić information content (AvgIpc) is 1.57. The zero-order valence-electron chi connectivity index (χ0n) is 88.3. The number of carbonyl (C=O) groups excluding carboxylic acids is 7. The number of ketones is 1. The summed E-state index contributed by atoms with van der Waals surface area (Å²) in [5.41, 5.74) is 4.14. The fourth-order valence-corrected chi connectivity index (χ4v) is 19.9. The molecule has 0 saturated carbocycles. The first-order chi connectivity index (χ1) is 67.5. The number of carbonyl (C=O) groups is 7. The highest BCUT2D eigenvalue weighted by molar-refractivity contribution is 7.11. The van der Waals surface area contributed by atoms with E-state index in [1.165, 1.54) is 83.5 Å². The molecule has 0 atom stereocenters. The van der Waals surface area contributed by atoms with Crippen molar-refractivity contribution >= 4 is 52.6 Å². The lowest BCUT2D eigenvalue weighted by molar-refractivity contribution is -0.133. The molecule has 790 valence electrons. The van der Waals surface area contributed by atoms with Crippen molar-refractivity contribution in [1.29, 1.82) is 0 Å². The normalized spacial score (nSPS) is 17.6. The molecule has 7 aromatic rings. The van der Waals surface area contributed by atoms with E-state index in [-0.39, 0.29) is 51.9 Å². The maximum atomic E-state index is 12.3. The predicted molar refractivity (Wildman–Crippen MR) is 549 cm³/mol. The van der Waals surface area contributed by atoms with E-state index in [2.05, 4.69) is 229 Å². The van der Waals surface area contributed by atoms with Crippen molar-refractivity contribution in [1.82, 2.24) is 152 Å². The van der Waals surface area contributed by atoms with Crippen LogP contribution in [0.5, 0.6) is 0 Å². The molecule has 14 rings (SSSR count). The molecule has 0 aromatic carbocycles. The molecule has 6 amide bonds. The largest absolute Gasteiger partial charge is 0.416 e. The van der Waals surface area contributed by atoms with Gasteiger partial charge in [0, 0.05) is 198 Å². The second kappa shape index (κ2) is 62.8. The number of aryl methyl sites for hydroxylation is 3. The molecule has 40 nitrogen and oxygen atoms in total. The van der Waals surface area contributed by atoms with E-state index in [1.807, 2.05) is 30.9 Å². The maximum Gasteiger partial charge on any atom is 0.416 e. The molecule has 0 aliphatic carbocycles. The summed E-state index contributed by atoms with van der Waals surface area (Å²) in [6.07, 6.45) is 38.3. The molecule has 7 aliphatic heterocycles. The highest BCUT2D eigenvalue weighted by Gasteiger charge is 2.32. The Balaban J connectivity index is 0.000000201. The van der Waals surface area contributed by atoms with Gasteiger partial charge in [0.25, 0.3) is 11.8 Å². The van der Waals surface area contributed by atoms with Gasteiger partial charge in [-0.15, -0.1) is 0 Å². The molecular formula is C100H174N30O10S. The molecule has 7 aromatic heterocycles. The molecule has 14 heterocycles. The fraction of sp³-hybridized carbons (Fsp3) is 0.770. The highest BCUT2D eigenvalue weighted by Crippen LogP contribution is 2.28.